The molecule has 11 heteroatoms. The van der Waals surface area contributed by atoms with Gasteiger partial charge >= 0.3 is 30.1 Å². The van der Waals surface area contributed by atoms with Crippen LogP contribution in [0.4, 0.5) is 39.5 Å². The zero-order valence-electron chi connectivity index (χ0n) is 13.3. The molecule has 0 fully saturated rings. The van der Waals surface area contributed by atoms with Gasteiger partial charge in [-0.3, -0.25) is 0 Å². The average Bonchev–Trinajstić information content (AvgIpc) is 2.48. The summed E-state index contributed by atoms with van der Waals surface area (Å²) >= 11 is 0. The Kier molecular flexibility index (Phi) is 5.94. The predicted molar refractivity (Wildman–Crippen MR) is 71.1 cm³/mol. The predicted octanol–water partition coefficient (Wildman–Crippen LogP) is 5.63. The Balaban J connectivity index is 3.61. The number of hydrogen-bond acceptors (Lipinski definition) is 2. The third-order valence-electron chi connectivity index (χ3n) is 3.77. The minimum atomic E-state index is -6.38. The molecule has 0 saturated heterocycles. The lowest BCUT2D eigenvalue weighted by atomic mass is 9.89. The molecule has 2 nitrogen and oxygen atoms in total. The van der Waals surface area contributed by atoms with Gasteiger partial charge in [-0.05, 0) is 17.9 Å². The van der Waals surface area contributed by atoms with Gasteiger partial charge in [0.2, 0.25) is 0 Å². The van der Waals surface area contributed by atoms with E-state index in [0.717, 1.165) is 12.1 Å². The fourth-order valence-electron chi connectivity index (χ4n) is 2.14. The van der Waals surface area contributed by atoms with Gasteiger partial charge in [0.15, 0.2) is 0 Å². The minimum Gasteiger partial charge on any atom is -0.428 e. The Hall–Kier alpha value is -1.94. The smallest absolute Gasteiger partial charge is 0.428 e. The highest BCUT2D eigenvalue weighted by molar-refractivity contribution is 5.76. The van der Waals surface area contributed by atoms with Crippen LogP contribution < -0.4 is 0 Å². The van der Waals surface area contributed by atoms with E-state index in [2.05, 4.69) is 4.74 Å². The zero-order valence-corrected chi connectivity index (χ0v) is 13.3. The summed E-state index contributed by atoms with van der Waals surface area (Å²) < 4.78 is 119. The van der Waals surface area contributed by atoms with Gasteiger partial charge in [0.05, 0.1) is 0 Å². The number of carbonyl (C=O) groups is 1. The molecule has 1 aromatic rings. The van der Waals surface area contributed by atoms with E-state index in [0.29, 0.717) is 24.1 Å². The number of alkyl halides is 9. The van der Waals surface area contributed by atoms with E-state index >= 15 is 0 Å². The molecule has 26 heavy (non-hydrogen) atoms. The molecule has 0 aliphatic rings. The van der Waals surface area contributed by atoms with E-state index in [1.807, 2.05) is 0 Å². The van der Waals surface area contributed by atoms with Crippen LogP contribution in [0.3, 0.4) is 0 Å². The summed E-state index contributed by atoms with van der Waals surface area (Å²) in [5.74, 6) is -3.81. The first-order chi connectivity index (χ1) is 11.6. The molecular weight excluding hydrogens is 383 g/mol. The van der Waals surface area contributed by atoms with Crippen molar-refractivity contribution in [2.45, 2.75) is 50.3 Å². The zero-order chi connectivity index (χ0) is 20.6. The maximum Gasteiger partial charge on any atom is 0.490 e. The summed E-state index contributed by atoms with van der Waals surface area (Å²) in [6, 6.07) is 2.53. The Labute approximate surface area is 141 Å². The summed E-state index contributed by atoms with van der Waals surface area (Å²) in [7, 11) is 0. The summed E-state index contributed by atoms with van der Waals surface area (Å²) in [5.41, 5.74) is -6.75. The van der Waals surface area contributed by atoms with Crippen LogP contribution in [-0.2, 0) is 15.1 Å². The number of rotatable bonds is 4. The molecule has 0 aliphatic carbocycles. The first-order valence-electron chi connectivity index (χ1n) is 7.12. The molecule has 0 bridgehead atoms. The van der Waals surface area contributed by atoms with Gasteiger partial charge in [0, 0.05) is 5.56 Å². The van der Waals surface area contributed by atoms with Crippen molar-refractivity contribution >= 4 is 5.97 Å². The van der Waals surface area contributed by atoms with Crippen LogP contribution in [0.15, 0.2) is 24.3 Å². The van der Waals surface area contributed by atoms with E-state index in [1.54, 1.807) is 13.8 Å². The van der Waals surface area contributed by atoms with Crippen LogP contribution in [0.2, 0.25) is 0 Å². The van der Waals surface area contributed by atoms with Crippen molar-refractivity contribution in [3.8, 4) is 0 Å². The van der Waals surface area contributed by atoms with Crippen LogP contribution in [0.5, 0.6) is 0 Å². The first-order valence-corrected chi connectivity index (χ1v) is 7.12. The fourth-order valence-corrected chi connectivity index (χ4v) is 2.14. The number of ether oxygens (including phenoxy) is 1. The van der Waals surface area contributed by atoms with Gasteiger partial charge in [0.1, 0.15) is 0 Å². The van der Waals surface area contributed by atoms with E-state index in [9.17, 15) is 44.3 Å². The molecule has 0 aliphatic heterocycles. The van der Waals surface area contributed by atoms with Gasteiger partial charge in [-0.2, -0.15) is 39.5 Å². The largest absolute Gasteiger partial charge is 0.490 e. The van der Waals surface area contributed by atoms with Crippen LogP contribution >= 0.6 is 0 Å². The molecule has 1 atom stereocenters. The van der Waals surface area contributed by atoms with Crippen molar-refractivity contribution in [3.05, 3.63) is 35.4 Å². The monoisotopic (exact) mass is 396 g/mol. The molecule has 0 radical (unpaired) electrons. The molecule has 0 aromatic heterocycles. The number of hydrogen-bond donors (Lipinski definition) is 0. The second-order valence-electron chi connectivity index (χ2n) is 5.50. The average molecular weight is 396 g/mol. The van der Waals surface area contributed by atoms with Crippen molar-refractivity contribution in [2.24, 2.45) is 0 Å². The van der Waals surface area contributed by atoms with Gasteiger partial charge in [-0.15, -0.1) is 0 Å². The third-order valence-corrected chi connectivity index (χ3v) is 3.77. The number of halogens is 9. The lowest BCUT2D eigenvalue weighted by Crippen LogP contribution is -2.58. The number of esters is 1. The third kappa shape index (κ3) is 4.07. The summed E-state index contributed by atoms with van der Waals surface area (Å²) in [4.78, 5) is 10.8. The van der Waals surface area contributed by atoms with Crippen LogP contribution in [-0.4, -0.2) is 24.5 Å². The van der Waals surface area contributed by atoms with Crippen molar-refractivity contribution in [1.29, 1.82) is 0 Å². The number of carbonyl (C=O) groups excluding carboxylic acids is 1. The highest BCUT2D eigenvalue weighted by Crippen LogP contribution is 2.53. The van der Waals surface area contributed by atoms with Crippen molar-refractivity contribution in [1.82, 2.24) is 0 Å². The maximum atomic E-state index is 13.3. The van der Waals surface area contributed by atoms with E-state index in [-0.39, 0.29) is 5.92 Å². The minimum absolute atomic E-state index is 0.215. The van der Waals surface area contributed by atoms with E-state index < -0.39 is 35.7 Å². The van der Waals surface area contributed by atoms with Crippen LogP contribution in [0.1, 0.15) is 37.3 Å². The molecule has 0 heterocycles. The molecule has 148 valence electrons. The lowest BCUT2D eigenvalue weighted by Gasteiger charge is -2.37. The van der Waals surface area contributed by atoms with Gasteiger partial charge in [-0.1, -0.05) is 38.1 Å². The Morgan fingerprint density at radius 3 is 1.65 bits per heavy atom. The maximum absolute atomic E-state index is 13.3. The fraction of sp³-hybridized carbons (Fsp3) is 0.533. The van der Waals surface area contributed by atoms with Crippen molar-refractivity contribution in [2.75, 3.05) is 0 Å². The van der Waals surface area contributed by atoms with E-state index in [4.69, 9.17) is 0 Å². The molecule has 1 rings (SSSR count). The van der Waals surface area contributed by atoms with Crippen LogP contribution in [0, 0.1) is 0 Å². The van der Waals surface area contributed by atoms with Crippen molar-refractivity contribution in [3.63, 3.8) is 0 Å². The van der Waals surface area contributed by atoms with Gasteiger partial charge in [0.25, 0.3) is 0 Å². The Bertz CT molecular complexity index is 612. The first kappa shape index (κ1) is 22.1. The highest BCUT2D eigenvalue weighted by atomic mass is 19.4. The SMILES string of the molecule is CCC(C)c1ccc(C(OC(=O)C(F)(F)F)(C(F)(F)F)C(F)(F)F)cc1. The lowest BCUT2D eigenvalue weighted by molar-refractivity contribution is -0.382. The quantitative estimate of drug-likeness (QED) is 0.488. The molecular formula is C15H13F9O2. The van der Waals surface area contributed by atoms with Crippen molar-refractivity contribution < 1.29 is 49.0 Å². The van der Waals surface area contributed by atoms with Gasteiger partial charge in [-0.25, -0.2) is 4.79 Å². The normalized spacial score (nSPS) is 14.9. The molecule has 1 aromatic carbocycles. The highest BCUT2D eigenvalue weighted by Gasteiger charge is 2.76. The molecule has 1 unspecified atom stereocenters. The number of benzene rings is 1. The van der Waals surface area contributed by atoms with Gasteiger partial charge < -0.3 is 4.74 Å². The van der Waals surface area contributed by atoms with Crippen LogP contribution in [0.25, 0.3) is 0 Å². The molecule has 0 spiro atoms. The second-order valence-corrected chi connectivity index (χ2v) is 5.50. The summed E-state index contributed by atoms with van der Waals surface area (Å²) in [6.45, 7) is 3.37. The van der Waals surface area contributed by atoms with E-state index in [1.165, 1.54) is 0 Å². The topological polar surface area (TPSA) is 26.3 Å². The summed E-state index contributed by atoms with van der Waals surface area (Å²) in [5, 5.41) is 0. The Morgan fingerprint density at radius 1 is 0.923 bits per heavy atom. The molecule has 0 N–H and O–H groups in total. The molecule has 0 saturated carbocycles. The molecule has 0 amide bonds. The Morgan fingerprint density at radius 2 is 1.35 bits per heavy atom. The summed E-state index contributed by atoms with van der Waals surface area (Å²) in [6.07, 6.45) is -18.3. The second kappa shape index (κ2) is 6.99. The standard InChI is InChI=1S/C15H13F9O2/c1-3-8(2)9-4-6-10(7-5-9)12(14(19,20)21,15(22,23)24)26-11(25)13(16,17)18/h4-8H,3H2,1-2H3.